The summed E-state index contributed by atoms with van der Waals surface area (Å²) in [5.74, 6) is 0.649. The van der Waals surface area contributed by atoms with Gasteiger partial charge in [-0.15, -0.1) is 0 Å². The molecule has 12 heavy (non-hydrogen) atoms. The Morgan fingerprint density at radius 1 is 1.50 bits per heavy atom. The lowest BCUT2D eigenvalue weighted by Gasteiger charge is -2.16. The van der Waals surface area contributed by atoms with E-state index in [9.17, 15) is 4.79 Å². The number of nitrogens with zero attached hydrogens (tertiary/aromatic N) is 1. The SMILES string of the molecule is COC1=C(Br)C(C)(C)C(=O)N1C. The van der Waals surface area contributed by atoms with Gasteiger partial charge in [0.15, 0.2) is 0 Å². The van der Waals surface area contributed by atoms with Crippen molar-refractivity contribution >= 4 is 21.8 Å². The molecule has 0 aliphatic carbocycles. The Balaban J connectivity index is 3.15. The number of carbonyl (C=O) groups excluding carboxylic acids is 1. The van der Waals surface area contributed by atoms with E-state index in [0.717, 1.165) is 4.48 Å². The third kappa shape index (κ3) is 1.05. The zero-order chi connectivity index (χ0) is 9.52. The Morgan fingerprint density at radius 2 is 2.00 bits per heavy atom. The van der Waals surface area contributed by atoms with Crippen LogP contribution < -0.4 is 0 Å². The monoisotopic (exact) mass is 233 g/mol. The maximum Gasteiger partial charge on any atom is 0.239 e. The molecule has 1 heterocycles. The van der Waals surface area contributed by atoms with Crippen molar-refractivity contribution in [1.82, 2.24) is 4.90 Å². The van der Waals surface area contributed by atoms with Gasteiger partial charge in [0.25, 0.3) is 0 Å². The van der Waals surface area contributed by atoms with Crippen molar-refractivity contribution in [3.05, 3.63) is 10.4 Å². The van der Waals surface area contributed by atoms with E-state index in [-0.39, 0.29) is 5.91 Å². The summed E-state index contributed by atoms with van der Waals surface area (Å²) in [5.41, 5.74) is -0.486. The van der Waals surface area contributed by atoms with E-state index >= 15 is 0 Å². The van der Waals surface area contributed by atoms with Crippen molar-refractivity contribution in [3.8, 4) is 0 Å². The molecule has 3 nitrogen and oxygen atoms in total. The number of carbonyl (C=O) groups is 1. The molecular weight excluding hydrogens is 222 g/mol. The average Bonchev–Trinajstić information content (AvgIpc) is 2.15. The summed E-state index contributed by atoms with van der Waals surface area (Å²) in [6.45, 7) is 3.73. The fourth-order valence-corrected chi connectivity index (χ4v) is 1.84. The molecule has 0 fully saturated rings. The number of methoxy groups -OCH3 is 1. The van der Waals surface area contributed by atoms with Crippen LogP contribution in [0.25, 0.3) is 0 Å². The molecule has 0 N–H and O–H groups in total. The Morgan fingerprint density at radius 3 is 2.17 bits per heavy atom. The van der Waals surface area contributed by atoms with Gasteiger partial charge in [0.2, 0.25) is 11.8 Å². The molecule has 0 saturated heterocycles. The minimum absolute atomic E-state index is 0.0474. The van der Waals surface area contributed by atoms with E-state index in [2.05, 4.69) is 15.9 Å². The van der Waals surface area contributed by atoms with Crippen molar-refractivity contribution < 1.29 is 9.53 Å². The Kier molecular flexibility index (Phi) is 2.21. The van der Waals surface area contributed by atoms with Gasteiger partial charge in [-0.2, -0.15) is 0 Å². The lowest BCUT2D eigenvalue weighted by molar-refractivity contribution is -0.134. The Hall–Kier alpha value is -0.510. The summed E-state index contributed by atoms with van der Waals surface area (Å²) >= 11 is 3.36. The lowest BCUT2D eigenvalue weighted by Crippen LogP contribution is -2.30. The molecule has 0 saturated carbocycles. The topological polar surface area (TPSA) is 29.5 Å². The summed E-state index contributed by atoms with van der Waals surface area (Å²) in [5, 5.41) is 0. The molecule has 68 valence electrons. The summed E-state index contributed by atoms with van der Waals surface area (Å²) in [6.07, 6.45) is 0. The highest BCUT2D eigenvalue weighted by atomic mass is 79.9. The first-order chi connectivity index (χ1) is 5.42. The van der Waals surface area contributed by atoms with Gasteiger partial charge in [-0.05, 0) is 29.8 Å². The maximum absolute atomic E-state index is 11.6. The van der Waals surface area contributed by atoms with E-state index < -0.39 is 5.41 Å². The molecule has 0 bridgehead atoms. The number of hydrogen-bond donors (Lipinski definition) is 0. The number of hydrogen-bond acceptors (Lipinski definition) is 2. The van der Waals surface area contributed by atoms with Gasteiger partial charge in [-0.1, -0.05) is 0 Å². The Bertz CT molecular complexity index is 258. The fraction of sp³-hybridized carbons (Fsp3) is 0.625. The lowest BCUT2D eigenvalue weighted by atomic mass is 9.95. The summed E-state index contributed by atoms with van der Waals surface area (Å²) in [4.78, 5) is 13.1. The highest BCUT2D eigenvalue weighted by Crippen LogP contribution is 2.42. The predicted octanol–water partition coefficient (Wildman–Crippen LogP) is 1.69. The molecule has 0 aromatic rings. The quantitative estimate of drug-likeness (QED) is 0.691. The maximum atomic E-state index is 11.6. The van der Waals surface area contributed by atoms with E-state index in [0.29, 0.717) is 5.88 Å². The van der Waals surface area contributed by atoms with Gasteiger partial charge in [0, 0.05) is 7.05 Å². The van der Waals surface area contributed by atoms with Crippen molar-refractivity contribution in [3.63, 3.8) is 0 Å². The molecule has 0 radical (unpaired) electrons. The summed E-state index contributed by atoms with van der Waals surface area (Å²) < 4.78 is 5.89. The van der Waals surface area contributed by atoms with Crippen LogP contribution in [-0.4, -0.2) is 25.0 Å². The third-order valence-electron chi connectivity index (χ3n) is 2.07. The molecule has 1 aliphatic heterocycles. The van der Waals surface area contributed by atoms with Crippen LogP contribution in [0.1, 0.15) is 13.8 Å². The molecular formula is C8H12BrNO2. The molecule has 1 amide bonds. The van der Waals surface area contributed by atoms with Crippen LogP contribution in [0, 0.1) is 5.41 Å². The first-order valence-corrected chi connectivity index (χ1v) is 4.44. The smallest absolute Gasteiger partial charge is 0.239 e. The van der Waals surface area contributed by atoms with E-state index in [4.69, 9.17) is 4.74 Å². The van der Waals surface area contributed by atoms with Gasteiger partial charge in [-0.25, -0.2) is 0 Å². The van der Waals surface area contributed by atoms with E-state index in [1.165, 1.54) is 4.90 Å². The predicted molar refractivity (Wildman–Crippen MR) is 49.5 cm³/mol. The van der Waals surface area contributed by atoms with Crippen LogP contribution in [0.2, 0.25) is 0 Å². The standard InChI is InChI=1S/C8H12BrNO2/c1-8(2)5(9)6(12-4)10(3)7(8)11/h1-4H3. The number of ether oxygens (including phenoxy) is 1. The summed E-state index contributed by atoms with van der Waals surface area (Å²) in [7, 11) is 3.26. The number of rotatable bonds is 1. The van der Waals surface area contributed by atoms with Crippen molar-refractivity contribution in [1.29, 1.82) is 0 Å². The molecule has 0 aromatic carbocycles. The van der Waals surface area contributed by atoms with Crippen LogP contribution in [0.15, 0.2) is 10.4 Å². The van der Waals surface area contributed by atoms with Crippen LogP contribution in [0.3, 0.4) is 0 Å². The zero-order valence-electron chi connectivity index (χ0n) is 7.64. The van der Waals surface area contributed by atoms with E-state index in [1.807, 2.05) is 13.8 Å². The highest BCUT2D eigenvalue weighted by molar-refractivity contribution is 9.11. The van der Waals surface area contributed by atoms with E-state index in [1.54, 1.807) is 14.2 Å². The van der Waals surface area contributed by atoms with Crippen molar-refractivity contribution in [2.75, 3.05) is 14.2 Å². The first-order valence-electron chi connectivity index (χ1n) is 3.65. The second-order valence-electron chi connectivity index (χ2n) is 3.31. The fourth-order valence-electron chi connectivity index (χ4n) is 1.25. The van der Waals surface area contributed by atoms with Gasteiger partial charge in [0.1, 0.15) is 0 Å². The molecule has 1 aliphatic rings. The highest BCUT2D eigenvalue weighted by Gasteiger charge is 2.44. The van der Waals surface area contributed by atoms with Gasteiger partial charge >= 0.3 is 0 Å². The van der Waals surface area contributed by atoms with Gasteiger partial charge in [0.05, 0.1) is 17.0 Å². The average molecular weight is 234 g/mol. The molecule has 0 spiro atoms. The first kappa shape index (κ1) is 9.58. The zero-order valence-corrected chi connectivity index (χ0v) is 9.23. The second-order valence-corrected chi connectivity index (χ2v) is 4.11. The van der Waals surface area contributed by atoms with Gasteiger partial charge < -0.3 is 4.74 Å². The van der Waals surface area contributed by atoms with Gasteiger partial charge in [-0.3, -0.25) is 9.69 Å². The van der Waals surface area contributed by atoms with Crippen LogP contribution >= 0.6 is 15.9 Å². The molecule has 0 atom stereocenters. The molecule has 4 heteroatoms. The minimum atomic E-state index is -0.486. The Labute approximate surface area is 80.5 Å². The van der Waals surface area contributed by atoms with Crippen LogP contribution in [-0.2, 0) is 9.53 Å². The van der Waals surface area contributed by atoms with Crippen LogP contribution in [0.5, 0.6) is 0 Å². The number of amides is 1. The minimum Gasteiger partial charge on any atom is -0.482 e. The van der Waals surface area contributed by atoms with Crippen LogP contribution in [0.4, 0.5) is 0 Å². The largest absolute Gasteiger partial charge is 0.482 e. The summed E-state index contributed by atoms with van der Waals surface area (Å²) in [6, 6.07) is 0. The normalized spacial score (nSPS) is 22.1. The second kappa shape index (κ2) is 2.76. The third-order valence-corrected chi connectivity index (χ3v) is 3.40. The molecule has 1 rings (SSSR count). The molecule has 0 aromatic heterocycles. The van der Waals surface area contributed by atoms with Crippen molar-refractivity contribution in [2.24, 2.45) is 5.41 Å². The number of halogens is 1. The van der Waals surface area contributed by atoms with Crippen molar-refractivity contribution in [2.45, 2.75) is 13.8 Å². The molecule has 0 unspecified atom stereocenters.